The number of ether oxygens (including phenoxy) is 5. The Hall–Kier alpha value is -4.60. The number of hydrogen-bond donors (Lipinski definition) is 7. The first kappa shape index (κ1) is 76.4. The van der Waals surface area contributed by atoms with Gasteiger partial charge in [0.15, 0.2) is 0 Å². The predicted octanol–water partition coefficient (Wildman–Crippen LogP) is 5.59. The van der Waals surface area contributed by atoms with Gasteiger partial charge in [-0.05, 0) is 49.8 Å². The third-order valence-electron chi connectivity index (χ3n) is 13.5. The van der Waals surface area contributed by atoms with Gasteiger partial charge in [-0.2, -0.15) is 0 Å². The van der Waals surface area contributed by atoms with Crippen LogP contribution in [0.3, 0.4) is 0 Å². The Labute approximate surface area is 498 Å². The molecule has 2 atom stereocenters. The second-order valence-corrected chi connectivity index (χ2v) is 30.6. The van der Waals surface area contributed by atoms with Crippen molar-refractivity contribution in [3.8, 4) is 0 Å². The zero-order chi connectivity index (χ0) is 63.3. The first-order valence-corrected chi connectivity index (χ1v) is 31.1. The molecule has 1 aliphatic rings. The summed E-state index contributed by atoms with van der Waals surface area (Å²) in [7, 11) is 0.770. The number of nitrogens with zero attached hydrogens (tertiary/aromatic N) is 1. The van der Waals surface area contributed by atoms with Crippen LogP contribution in [0.2, 0.25) is 0 Å². The molecule has 0 aliphatic carbocycles. The molecular weight excluding hydrogens is 1090 g/mol. The lowest BCUT2D eigenvalue weighted by Crippen LogP contribution is -2.50. The van der Waals surface area contributed by atoms with Gasteiger partial charge in [0.1, 0.15) is 6.04 Å². The Morgan fingerprint density at radius 1 is 0.482 bits per heavy atom. The fourth-order valence-corrected chi connectivity index (χ4v) is 8.87. The Balaban J connectivity index is 2.64. The maximum atomic E-state index is 13.7. The van der Waals surface area contributed by atoms with E-state index in [1.54, 1.807) is 7.05 Å². The van der Waals surface area contributed by atoms with Crippen molar-refractivity contribution in [3.63, 3.8) is 0 Å². The number of rotatable bonds is 44. The van der Waals surface area contributed by atoms with Crippen molar-refractivity contribution in [2.75, 3.05) is 119 Å². The summed E-state index contributed by atoms with van der Waals surface area (Å²) in [5.74, 6) is -2.26. The highest BCUT2D eigenvalue weighted by Crippen LogP contribution is 2.46. The van der Waals surface area contributed by atoms with Crippen molar-refractivity contribution in [2.24, 2.45) is 32.5 Å². The van der Waals surface area contributed by atoms with Crippen molar-refractivity contribution >= 4 is 60.8 Å². The van der Waals surface area contributed by atoms with Crippen LogP contribution in [0.25, 0.3) is 0 Å². The summed E-state index contributed by atoms with van der Waals surface area (Å²) in [6.45, 7) is 36.8. The molecule has 1 aliphatic heterocycles. The van der Waals surface area contributed by atoms with Gasteiger partial charge < -0.3 is 60.9 Å². The molecule has 0 fully saturated rings. The van der Waals surface area contributed by atoms with Crippen molar-refractivity contribution in [1.82, 2.24) is 42.1 Å². The van der Waals surface area contributed by atoms with Gasteiger partial charge >= 0.3 is 0 Å². The summed E-state index contributed by atoms with van der Waals surface area (Å²) in [4.78, 5) is 115. The maximum absolute atomic E-state index is 13.7. The van der Waals surface area contributed by atoms with E-state index in [4.69, 9.17) is 23.7 Å². The quantitative estimate of drug-likeness (QED) is 0.0223. The normalized spacial score (nSPS) is 14.3. The molecule has 0 radical (unpaired) electrons. The third kappa shape index (κ3) is 36.1. The minimum absolute atomic E-state index is 0.0198. The number of carbonyl (C=O) groups excluding carboxylic acids is 9. The average molecular weight is 1200 g/mol. The lowest BCUT2D eigenvalue weighted by atomic mass is 9.89. The van der Waals surface area contributed by atoms with E-state index in [0.717, 1.165) is 4.90 Å². The molecule has 0 bridgehead atoms. The fraction of sp³-hybridized carbons (Fsp3) is 0.817. The molecule has 0 aromatic carbocycles. The molecule has 22 nitrogen and oxygen atoms in total. The van der Waals surface area contributed by atoms with Crippen LogP contribution in [0.4, 0.5) is 4.79 Å². The van der Waals surface area contributed by atoms with Crippen LogP contribution in [0.1, 0.15) is 155 Å². The van der Waals surface area contributed by atoms with Crippen LogP contribution in [0.5, 0.6) is 0 Å². The number of hydrogen-bond acceptors (Lipinski definition) is 14. The molecule has 0 saturated heterocycles. The lowest BCUT2D eigenvalue weighted by molar-refractivity contribution is -0.137. The van der Waals surface area contributed by atoms with Gasteiger partial charge in [0, 0.05) is 112 Å². The summed E-state index contributed by atoms with van der Waals surface area (Å²) in [6.07, 6.45) is 4.19. The van der Waals surface area contributed by atoms with Gasteiger partial charge in [-0.1, -0.05) is 104 Å². The van der Waals surface area contributed by atoms with Gasteiger partial charge in [0.2, 0.25) is 41.1 Å². The Kier molecular flexibility index (Phi) is 33.5. The molecular formula is C60H109N8O14P. The van der Waals surface area contributed by atoms with Gasteiger partial charge in [0.25, 0.3) is 11.8 Å². The van der Waals surface area contributed by atoms with Crippen molar-refractivity contribution in [2.45, 2.75) is 166 Å². The van der Waals surface area contributed by atoms with Gasteiger partial charge in [-0.3, -0.25) is 48.1 Å². The van der Waals surface area contributed by atoms with E-state index in [0.29, 0.717) is 65.4 Å². The third-order valence-corrected chi connectivity index (χ3v) is 16.3. The highest BCUT2D eigenvalue weighted by Gasteiger charge is 2.32. The summed E-state index contributed by atoms with van der Waals surface area (Å²) in [5.41, 5.74) is -2.39. The number of amides is 9. The first-order chi connectivity index (χ1) is 38.3. The van der Waals surface area contributed by atoms with Crippen molar-refractivity contribution < 1.29 is 66.8 Å². The Morgan fingerprint density at radius 2 is 0.916 bits per heavy atom. The molecule has 1 unspecified atom stereocenters. The highest BCUT2D eigenvalue weighted by molar-refractivity contribution is 7.75. The van der Waals surface area contributed by atoms with E-state index in [-0.39, 0.29) is 148 Å². The van der Waals surface area contributed by atoms with E-state index in [2.05, 4.69) is 71.8 Å². The van der Waals surface area contributed by atoms with E-state index in [9.17, 15) is 43.2 Å². The largest absolute Gasteiger partial charge is 0.380 e. The van der Waals surface area contributed by atoms with Gasteiger partial charge in [-0.25, -0.2) is 0 Å². The van der Waals surface area contributed by atoms with Crippen molar-refractivity contribution in [1.29, 1.82) is 0 Å². The second-order valence-electron chi connectivity index (χ2n) is 27.8. The molecule has 23 heteroatoms. The molecule has 478 valence electrons. The topological polar surface area (TPSA) is 287 Å². The molecule has 0 spiro atoms. The lowest BCUT2D eigenvalue weighted by Gasteiger charge is -2.32. The molecule has 1 rings (SSSR count). The predicted molar refractivity (Wildman–Crippen MR) is 324 cm³/mol. The Morgan fingerprint density at radius 3 is 1.41 bits per heavy atom. The molecule has 0 saturated carbocycles. The van der Waals surface area contributed by atoms with Gasteiger partial charge in [0.05, 0.1) is 66.1 Å². The summed E-state index contributed by atoms with van der Waals surface area (Å²) in [6, 6.07) is -1.03. The minimum Gasteiger partial charge on any atom is -0.380 e. The van der Waals surface area contributed by atoms with Gasteiger partial charge in [-0.15, -0.1) is 0 Å². The SMILES string of the molecule is CNC(=O)CC(C)(C)COCC(C)(C)CNC(=O)[C@H](CCC(=O)NCC(C)(C)COCC(C)(C)CC(=O)NCC(C)(C)COCC(C)(C)CNC(=O)P(C)C(C)(C)C)NC(=O)CCOCCOCCNC(=O)CCCCN1C(=O)C=CC1=O. The Bertz CT molecular complexity index is 2110. The molecule has 0 aromatic heterocycles. The number of carbonyl (C=O) groups is 9. The van der Waals surface area contributed by atoms with E-state index in [1.807, 2.05) is 75.9 Å². The van der Waals surface area contributed by atoms with Crippen LogP contribution in [0, 0.1) is 32.5 Å². The van der Waals surface area contributed by atoms with Crippen LogP contribution in [-0.4, -0.2) is 188 Å². The van der Waals surface area contributed by atoms with Crippen molar-refractivity contribution in [3.05, 3.63) is 12.2 Å². The monoisotopic (exact) mass is 1200 g/mol. The highest BCUT2D eigenvalue weighted by atomic mass is 31.1. The number of imide groups is 1. The van der Waals surface area contributed by atoms with E-state index >= 15 is 0 Å². The molecule has 9 amide bonds. The second kappa shape index (κ2) is 36.4. The van der Waals surface area contributed by atoms with E-state index < -0.39 is 47.4 Å². The van der Waals surface area contributed by atoms with E-state index in [1.165, 1.54) is 12.2 Å². The summed E-state index contributed by atoms with van der Waals surface area (Å²) < 4.78 is 29.4. The number of unbranched alkanes of at least 4 members (excludes halogenated alkanes) is 1. The van der Waals surface area contributed by atoms with Crippen LogP contribution in [0.15, 0.2) is 12.2 Å². The first-order valence-electron chi connectivity index (χ1n) is 29.3. The molecule has 83 heavy (non-hydrogen) atoms. The fourth-order valence-electron chi connectivity index (χ4n) is 7.94. The van der Waals surface area contributed by atoms with Crippen LogP contribution < -0.4 is 37.2 Å². The molecule has 7 N–H and O–H groups in total. The zero-order valence-electron chi connectivity index (χ0n) is 53.8. The smallest absolute Gasteiger partial charge is 0.253 e. The zero-order valence-corrected chi connectivity index (χ0v) is 54.7. The van der Waals surface area contributed by atoms with Crippen LogP contribution in [-0.2, 0) is 62.0 Å². The molecule has 1 heterocycles. The minimum atomic E-state index is -1.03. The molecule has 0 aromatic rings. The average Bonchev–Trinajstić information content (AvgIpc) is 3.72. The standard InChI is InChI=1S/C60H109N8O14P/c1-54(2,3)83(17)53(77)66-37-60(14,15)43-82-41-58(10,11)35-64-49(73)33-56(6,7)39-81-40-57(8,9)34-63-46(70)22-21-44(52(76)65-36-59(12,13)42-80-38-55(4,5)32-48(72)61-16)67-47(71)25-28-78-30-31-79-29-26-62-45(69)20-18-19-27-68-50(74)23-24-51(68)75/h23-24,44H,18-22,25-43H2,1-17H3,(H,61,72)(H,62,69)(H,63,70)(H,64,73)(H,65,76)(H,66,77)(H,67,71)/t44-,83?/m0/s1. The number of nitrogens with one attached hydrogen (secondary N) is 7. The summed E-state index contributed by atoms with van der Waals surface area (Å²) in [5, 5.41) is 20.2. The summed E-state index contributed by atoms with van der Waals surface area (Å²) >= 11 is 0. The maximum Gasteiger partial charge on any atom is 0.253 e. The van der Waals surface area contributed by atoms with Crippen LogP contribution >= 0.6 is 7.92 Å².